The standard InChI is InChI=1S/C17H20N4O3/c1-11-9-15(21-7-8-24-17(21)22)20-16(18-11)19-12(2)13-5-4-6-14(10-13)23-3/h4-6,9-10,12H,7-8H2,1-3H3,(H,18,19,20)/t12-/m0/s1. The molecule has 0 saturated carbocycles. The van der Waals surface area contributed by atoms with Crippen LogP contribution in [0.15, 0.2) is 30.3 Å². The average molecular weight is 328 g/mol. The highest BCUT2D eigenvalue weighted by Gasteiger charge is 2.25. The first kappa shape index (κ1) is 16.0. The van der Waals surface area contributed by atoms with Crippen molar-refractivity contribution in [1.29, 1.82) is 0 Å². The number of ether oxygens (including phenoxy) is 2. The summed E-state index contributed by atoms with van der Waals surface area (Å²) in [4.78, 5) is 22.1. The van der Waals surface area contributed by atoms with Gasteiger partial charge in [0.2, 0.25) is 5.95 Å². The lowest BCUT2D eigenvalue weighted by molar-refractivity contribution is 0.181. The van der Waals surface area contributed by atoms with E-state index in [1.54, 1.807) is 13.2 Å². The molecule has 7 nitrogen and oxygen atoms in total. The highest BCUT2D eigenvalue weighted by atomic mass is 16.6. The molecule has 24 heavy (non-hydrogen) atoms. The van der Waals surface area contributed by atoms with E-state index in [9.17, 15) is 4.79 Å². The van der Waals surface area contributed by atoms with Crippen LogP contribution in [0.25, 0.3) is 0 Å². The summed E-state index contributed by atoms with van der Waals surface area (Å²) >= 11 is 0. The van der Waals surface area contributed by atoms with Crippen LogP contribution in [0.3, 0.4) is 0 Å². The molecular formula is C17H20N4O3. The Labute approximate surface area is 140 Å². The van der Waals surface area contributed by atoms with E-state index < -0.39 is 0 Å². The molecule has 0 spiro atoms. The number of hydrogen-bond acceptors (Lipinski definition) is 6. The van der Waals surface area contributed by atoms with Gasteiger partial charge in [-0.15, -0.1) is 0 Å². The molecule has 1 aromatic carbocycles. The van der Waals surface area contributed by atoms with Crippen molar-refractivity contribution in [2.75, 3.05) is 30.5 Å². The zero-order valence-electron chi connectivity index (χ0n) is 13.9. The second-order valence-electron chi connectivity index (χ2n) is 5.60. The number of carbonyl (C=O) groups is 1. The Morgan fingerprint density at radius 2 is 2.17 bits per heavy atom. The van der Waals surface area contributed by atoms with Gasteiger partial charge in [-0.05, 0) is 31.5 Å². The number of rotatable bonds is 5. The molecule has 7 heteroatoms. The van der Waals surface area contributed by atoms with E-state index in [0.717, 1.165) is 17.0 Å². The van der Waals surface area contributed by atoms with Crippen LogP contribution >= 0.6 is 0 Å². The Kier molecular flexibility index (Phi) is 4.50. The van der Waals surface area contributed by atoms with Crippen molar-refractivity contribution in [3.05, 3.63) is 41.6 Å². The Morgan fingerprint density at radius 3 is 2.88 bits per heavy atom. The van der Waals surface area contributed by atoms with Crippen LogP contribution in [0.5, 0.6) is 5.75 Å². The summed E-state index contributed by atoms with van der Waals surface area (Å²) in [6, 6.07) is 9.57. The first-order chi connectivity index (χ1) is 11.6. The third kappa shape index (κ3) is 3.40. The van der Waals surface area contributed by atoms with Crippen molar-refractivity contribution in [1.82, 2.24) is 9.97 Å². The van der Waals surface area contributed by atoms with E-state index in [2.05, 4.69) is 15.3 Å². The van der Waals surface area contributed by atoms with E-state index in [1.165, 1.54) is 4.90 Å². The Morgan fingerprint density at radius 1 is 1.33 bits per heavy atom. The number of benzene rings is 1. The van der Waals surface area contributed by atoms with E-state index >= 15 is 0 Å². The first-order valence-electron chi connectivity index (χ1n) is 7.77. The highest BCUT2D eigenvalue weighted by molar-refractivity contribution is 5.88. The molecule has 1 aliphatic rings. The quantitative estimate of drug-likeness (QED) is 0.909. The molecule has 1 saturated heterocycles. The summed E-state index contributed by atoms with van der Waals surface area (Å²) in [5.41, 5.74) is 1.83. The van der Waals surface area contributed by atoms with Gasteiger partial charge in [0.25, 0.3) is 0 Å². The molecule has 3 rings (SSSR count). The highest BCUT2D eigenvalue weighted by Crippen LogP contribution is 2.23. The van der Waals surface area contributed by atoms with Gasteiger partial charge in [0, 0.05) is 11.8 Å². The van der Waals surface area contributed by atoms with E-state index in [-0.39, 0.29) is 12.1 Å². The number of cyclic esters (lactones) is 1. The lowest BCUT2D eigenvalue weighted by atomic mass is 10.1. The number of amides is 1. The molecule has 1 aliphatic heterocycles. The molecule has 0 aliphatic carbocycles. The number of anilines is 2. The topological polar surface area (TPSA) is 76.6 Å². The van der Waals surface area contributed by atoms with Crippen LogP contribution in [0, 0.1) is 6.92 Å². The molecule has 2 aromatic rings. The molecule has 126 valence electrons. The molecule has 1 amide bonds. The monoisotopic (exact) mass is 328 g/mol. The minimum absolute atomic E-state index is 0.0136. The maximum absolute atomic E-state index is 11.7. The molecule has 1 fully saturated rings. The van der Waals surface area contributed by atoms with Crippen LogP contribution in [0.4, 0.5) is 16.6 Å². The van der Waals surface area contributed by atoms with Crippen LogP contribution < -0.4 is 15.0 Å². The molecule has 1 atom stereocenters. The number of aryl methyl sites for hydroxylation is 1. The van der Waals surface area contributed by atoms with Gasteiger partial charge in [-0.1, -0.05) is 12.1 Å². The van der Waals surface area contributed by atoms with Crippen molar-refractivity contribution < 1.29 is 14.3 Å². The number of carbonyl (C=O) groups excluding carboxylic acids is 1. The summed E-state index contributed by atoms with van der Waals surface area (Å²) in [6.07, 6.45) is -0.375. The maximum Gasteiger partial charge on any atom is 0.415 e. The minimum Gasteiger partial charge on any atom is -0.497 e. The molecule has 2 heterocycles. The summed E-state index contributed by atoms with van der Waals surface area (Å²) < 4.78 is 10.2. The van der Waals surface area contributed by atoms with Gasteiger partial charge >= 0.3 is 6.09 Å². The third-order valence-corrected chi connectivity index (χ3v) is 3.82. The van der Waals surface area contributed by atoms with Crippen LogP contribution in [-0.2, 0) is 4.74 Å². The van der Waals surface area contributed by atoms with Gasteiger partial charge in [0.05, 0.1) is 19.7 Å². The smallest absolute Gasteiger partial charge is 0.415 e. The van der Waals surface area contributed by atoms with Crippen molar-refractivity contribution in [3.8, 4) is 5.75 Å². The van der Waals surface area contributed by atoms with Crippen molar-refractivity contribution in [3.63, 3.8) is 0 Å². The first-order valence-corrected chi connectivity index (χ1v) is 7.77. The Bertz CT molecular complexity index is 750. The van der Waals surface area contributed by atoms with Crippen molar-refractivity contribution in [2.45, 2.75) is 19.9 Å². The van der Waals surface area contributed by atoms with Crippen LogP contribution in [0.2, 0.25) is 0 Å². The number of nitrogens with zero attached hydrogens (tertiary/aromatic N) is 3. The molecule has 1 aromatic heterocycles. The molecule has 0 bridgehead atoms. The van der Waals surface area contributed by atoms with Crippen molar-refractivity contribution >= 4 is 17.9 Å². The van der Waals surface area contributed by atoms with Crippen LogP contribution in [-0.4, -0.2) is 36.3 Å². The molecule has 1 N–H and O–H groups in total. The largest absolute Gasteiger partial charge is 0.497 e. The fraction of sp³-hybridized carbons (Fsp3) is 0.353. The van der Waals surface area contributed by atoms with Crippen molar-refractivity contribution in [2.24, 2.45) is 0 Å². The van der Waals surface area contributed by atoms with Crippen LogP contribution in [0.1, 0.15) is 24.2 Å². The molecule has 0 radical (unpaired) electrons. The minimum atomic E-state index is -0.375. The number of aromatic nitrogens is 2. The number of methoxy groups -OCH3 is 1. The predicted octanol–water partition coefficient (Wildman–Crippen LogP) is 2.92. The number of nitrogens with one attached hydrogen (secondary N) is 1. The summed E-state index contributed by atoms with van der Waals surface area (Å²) in [6.45, 7) is 4.77. The third-order valence-electron chi connectivity index (χ3n) is 3.82. The summed E-state index contributed by atoms with van der Waals surface area (Å²) in [5.74, 6) is 1.82. The fourth-order valence-electron chi connectivity index (χ4n) is 2.54. The lowest BCUT2D eigenvalue weighted by Gasteiger charge is -2.18. The summed E-state index contributed by atoms with van der Waals surface area (Å²) in [7, 11) is 1.64. The second-order valence-corrected chi connectivity index (χ2v) is 5.60. The van der Waals surface area contributed by atoms with E-state index in [1.807, 2.05) is 38.1 Å². The average Bonchev–Trinajstić information content (AvgIpc) is 3.00. The fourth-order valence-corrected chi connectivity index (χ4v) is 2.54. The zero-order valence-corrected chi connectivity index (χ0v) is 13.9. The van der Waals surface area contributed by atoms with Gasteiger partial charge in [-0.2, -0.15) is 4.98 Å². The SMILES string of the molecule is COc1cccc([C@H](C)Nc2nc(C)cc(N3CCOC3=O)n2)c1. The summed E-state index contributed by atoms with van der Waals surface area (Å²) in [5, 5.41) is 3.27. The lowest BCUT2D eigenvalue weighted by Crippen LogP contribution is -2.25. The van der Waals surface area contributed by atoms with E-state index in [0.29, 0.717) is 24.9 Å². The predicted molar refractivity (Wildman–Crippen MR) is 90.5 cm³/mol. The second kappa shape index (κ2) is 6.74. The van der Waals surface area contributed by atoms with Gasteiger partial charge in [-0.25, -0.2) is 9.78 Å². The van der Waals surface area contributed by atoms with Gasteiger partial charge < -0.3 is 14.8 Å². The Hall–Kier alpha value is -2.83. The van der Waals surface area contributed by atoms with Gasteiger partial charge in [0.1, 0.15) is 18.2 Å². The number of hydrogen-bond donors (Lipinski definition) is 1. The maximum atomic E-state index is 11.7. The Balaban J connectivity index is 1.81. The zero-order chi connectivity index (χ0) is 17.1. The molecule has 0 unspecified atom stereocenters. The molecular weight excluding hydrogens is 308 g/mol. The van der Waals surface area contributed by atoms with Gasteiger partial charge in [-0.3, -0.25) is 4.90 Å². The van der Waals surface area contributed by atoms with Gasteiger partial charge in [0.15, 0.2) is 0 Å². The van der Waals surface area contributed by atoms with E-state index in [4.69, 9.17) is 9.47 Å². The normalized spacial score (nSPS) is 15.1.